The number of nitrogens with one attached hydrogen (secondary N) is 1. The number of nitrogens with zero attached hydrogens (tertiary/aromatic N) is 2. The van der Waals surface area contributed by atoms with Crippen molar-refractivity contribution in [2.75, 3.05) is 26.3 Å². The molecule has 0 bridgehead atoms. The van der Waals surface area contributed by atoms with Crippen LogP contribution in [0, 0.1) is 5.82 Å². The van der Waals surface area contributed by atoms with Crippen molar-refractivity contribution in [3.63, 3.8) is 0 Å². The highest BCUT2D eigenvalue weighted by molar-refractivity contribution is 6.01. The van der Waals surface area contributed by atoms with Crippen molar-refractivity contribution < 1.29 is 24.5 Å². The highest BCUT2D eigenvalue weighted by Crippen LogP contribution is 2.25. The van der Waals surface area contributed by atoms with Crippen LogP contribution in [0.15, 0.2) is 41.3 Å². The van der Waals surface area contributed by atoms with E-state index in [1.807, 2.05) is 0 Å². The van der Waals surface area contributed by atoms with Crippen molar-refractivity contribution in [1.29, 1.82) is 0 Å². The summed E-state index contributed by atoms with van der Waals surface area (Å²) in [7, 11) is 0. The third kappa shape index (κ3) is 4.64. The Bertz CT molecular complexity index is 1100. The van der Waals surface area contributed by atoms with Gasteiger partial charge in [0.25, 0.3) is 11.5 Å². The van der Waals surface area contributed by atoms with Crippen molar-refractivity contribution in [3.05, 3.63) is 69.4 Å². The Morgan fingerprint density at radius 1 is 1.10 bits per heavy atom. The van der Waals surface area contributed by atoms with Crippen LogP contribution in [0.5, 0.6) is 5.75 Å². The zero-order valence-electron chi connectivity index (χ0n) is 16.1. The van der Waals surface area contributed by atoms with E-state index in [-0.39, 0.29) is 49.6 Å². The van der Waals surface area contributed by atoms with Crippen LogP contribution in [0.1, 0.15) is 27.9 Å². The third-order valence-corrected chi connectivity index (χ3v) is 4.66. The lowest BCUT2D eigenvalue weighted by Gasteiger charge is -2.21. The molecule has 0 spiro atoms. The molecule has 2 aromatic heterocycles. The molecular weight excluding hydrogens is 393 g/mol. The standard InChI is InChI=1S/C21H22FN3O5/c22-15-4-2-13(3-5-15)10-14-11-16-18(23-12-14)19(28)17(20(29)24-16)21(30)25(7-9-27)6-1-8-26/h2-5,11-12,26-27H,1,6-10H2,(H2,24,28,29). The summed E-state index contributed by atoms with van der Waals surface area (Å²) in [6, 6.07) is 7.63. The van der Waals surface area contributed by atoms with E-state index in [0.717, 1.165) is 11.1 Å². The van der Waals surface area contributed by atoms with Crippen LogP contribution < -0.4 is 5.56 Å². The molecule has 30 heavy (non-hydrogen) atoms. The Labute approximate surface area is 171 Å². The highest BCUT2D eigenvalue weighted by atomic mass is 19.1. The van der Waals surface area contributed by atoms with Crippen LogP contribution in [0.3, 0.4) is 0 Å². The predicted molar refractivity (Wildman–Crippen MR) is 108 cm³/mol. The molecule has 8 nitrogen and oxygen atoms in total. The summed E-state index contributed by atoms with van der Waals surface area (Å²) in [5.41, 5.74) is 0.655. The number of amides is 1. The average Bonchev–Trinajstić information content (AvgIpc) is 2.72. The van der Waals surface area contributed by atoms with Gasteiger partial charge in [-0.3, -0.25) is 14.6 Å². The zero-order valence-corrected chi connectivity index (χ0v) is 16.1. The number of aromatic nitrogens is 2. The van der Waals surface area contributed by atoms with Crippen LogP contribution >= 0.6 is 0 Å². The molecule has 158 valence electrons. The number of carbonyl (C=O) groups excluding carboxylic acids is 1. The number of hydrogen-bond donors (Lipinski definition) is 4. The monoisotopic (exact) mass is 415 g/mol. The fraction of sp³-hybridized carbons (Fsp3) is 0.286. The molecule has 1 aromatic carbocycles. The fourth-order valence-electron chi connectivity index (χ4n) is 3.19. The molecule has 3 rings (SSSR count). The normalized spacial score (nSPS) is 11.0. The molecule has 1 amide bonds. The minimum Gasteiger partial charge on any atom is -0.505 e. The van der Waals surface area contributed by atoms with Crippen LogP contribution in [0.4, 0.5) is 4.39 Å². The predicted octanol–water partition coefficient (Wildman–Crippen LogP) is 1.18. The molecule has 3 aromatic rings. The van der Waals surface area contributed by atoms with Gasteiger partial charge < -0.3 is 25.2 Å². The molecule has 4 N–H and O–H groups in total. The second kappa shape index (κ2) is 9.47. The number of fused-ring (bicyclic) bond motifs is 1. The maximum Gasteiger partial charge on any atom is 0.265 e. The number of halogens is 1. The first-order chi connectivity index (χ1) is 14.4. The number of pyridine rings is 2. The number of aromatic hydroxyl groups is 1. The van der Waals surface area contributed by atoms with E-state index in [4.69, 9.17) is 5.11 Å². The lowest BCUT2D eigenvalue weighted by atomic mass is 10.1. The molecule has 0 aliphatic heterocycles. The van der Waals surface area contributed by atoms with Gasteiger partial charge in [-0.15, -0.1) is 0 Å². The summed E-state index contributed by atoms with van der Waals surface area (Å²) in [6.45, 7) is -0.404. The number of H-pyrrole nitrogens is 1. The quantitative estimate of drug-likeness (QED) is 0.438. The molecule has 0 atom stereocenters. The van der Waals surface area contributed by atoms with Gasteiger partial charge in [-0.05, 0) is 42.2 Å². The van der Waals surface area contributed by atoms with Gasteiger partial charge in [0.1, 0.15) is 16.9 Å². The SMILES string of the molecule is O=C(c1c(O)c2ncc(Cc3ccc(F)cc3)cc2[nH]c1=O)N(CCO)CCCO. The fourth-order valence-corrected chi connectivity index (χ4v) is 3.19. The number of rotatable bonds is 8. The number of carbonyl (C=O) groups is 1. The summed E-state index contributed by atoms with van der Waals surface area (Å²) < 4.78 is 13.1. The third-order valence-electron chi connectivity index (χ3n) is 4.66. The molecule has 2 heterocycles. The number of aliphatic hydroxyl groups is 2. The lowest BCUT2D eigenvalue weighted by molar-refractivity contribution is 0.0705. The molecule has 0 saturated heterocycles. The molecule has 0 aliphatic rings. The zero-order chi connectivity index (χ0) is 21.7. The average molecular weight is 415 g/mol. The Kier molecular flexibility index (Phi) is 6.76. The van der Waals surface area contributed by atoms with Crippen molar-refractivity contribution in [3.8, 4) is 5.75 Å². The Morgan fingerprint density at radius 2 is 1.83 bits per heavy atom. The number of hydrogen-bond acceptors (Lipinski definition) is 6. The van der Waals surface area contributed by atoms with E-state index in [9.17, 15) is 24.2 Å². The van der Waals surface area contributed by atoms with Gasteiger partial charge >= 0.3 is 0 Å². The van der Waals surface area contributed by atoms with Crippen LogP contribution in [-0.2, 0) is 6.42 Å². The van der Waals surface area contributed by atoms with Crippen molar-refractivity contribution >= 4 is 16.9 Å². The lowest BCUT2D eigenvalue weighted by Crippen LogP contribution is -2.37. The van der Waals surface area contributed by atoms with Crippen molar-refractivity contribution in [2.45, 2.75) is 12.8 Å². The maximum atomic E-state index is 13.1. The Hall–Kier alpha value is -3.30. The van der Waals surface area contributed by atoms with Gasteiger partial charge in [0.05, 0.1) is 12.1 Å². The Balaban J connectivity index is 1.95. The smallest absolute Gasteiger partial charge is 0.265 e. The van der Waals surface area contributed by atoms with E-state index < -0.39 is 22.8 Å². The molecule has 0 unspecified atom stereocenters. The van der Waals surface area contributed by atoms with Gasteiger partial charge in [-0.25, -0.2) is 4.39 Å². The largest absolute Gasteiger partial charge is 0.505 e. The molecule has 0 radical (unpaired) electrons. The van der Waals surface area contributed by atoms with E-state index in [0.29, 0.717) is 6.42 Å². The first-order valence-corrected chi connectivity index (χ1v) is 9.44. The van der Waals surface area contributed by atoms with Gasteiger partial charge in [-0.2, -0.15) is 0 Å². The van der Waals surface area contributed by atoms with Crippen LogP contribution in [0.25, 0.3) is 11.0 Å². The molecule has 0 fully saturated rings. The minimum absolute atomic E-state index is 0.0419. The van der Waals surface area contributed by atoms with Gasteiger partial charge in [0.15, 0.2) is 5.75 Å². The summed E-state index contributed by atoms with van der Waals surface area (Å²) in [5.74, 6) is -1.63. The number of aliphatic hydroxyl groups excluding tert-OH is 2. The first kappa shape index (κ1) is 21.4. The summed E-state index contributed by atoms with van der Waals surface area (Å²) in [5, 5.41) is 28.7. The first-order valence-electron chi connectivity index (χ1n) is 9.44. The van der Waals surface area contributed by atoms with Crippen LogP contribution in [0.2, 0.25) is 0 Å². The number of aromatic amines is 1. The van der Waals surface area contributed by atoms with E-state index in [1.54, 1.807) is 18.2 Å². The highest BCUT2D eigenvalue weighted by Gasteiger charge is 2.24. The summed E-state index contributed by atoms with van der Waals surface area (Å²) in [4.78, 5) is 33.2. The number of benzene rings is 1. The summed E-state index contributed by atoms with van der Waals surface area (Å²) in [6.07, 6.45) is 2.22. The van der Waals surface area contributed by atoms with Gasteiger partial charge in [-0.1, -0.05) is 12.1 Å². The molecule has 9 heteroatoms. The van der Waals surface area contributed by atoms with E-state index in [1.165, 1.54) is 23.2 Å². The Morgan fingerprint density at radius 3 is 2.50 bits per heavy atom. The van der Waals surface area contributed by atoms with Gasteiger partial charge in [0.2, 0.25) is 0 Å². The van der Waals surface area contributed by atoms with Crippen molar-refractivity contribution in [2.24, 2.45) is 0 Å². The molecule has 0 saturated carbocycles. The second-order valence-electron chi connectivity index (χ2n) is 6.81. The van der Waals surface area contributed by atoms with E-state index >= 15 is 0 Å². The molecular formula is C21H22FN3O5. The second-order valence-corrected chi connectivity index (χ2v) is 6.81. The molecule has 0 aliphatic carbocycles. The minimum atomic E-state index is -0.780. The van der Waals surface area contributed by atoms with E-state index in [2.05, 4.69) is 9.97 Å². The van der Waals surface area contributed by atoms with Gasteiger partial charge in [0, 0.05) is 25.9 Å². The maximum absolute atomic E-state index is 13.1. The van der Waals surface area contributed by atoms with Crippen molar-refractivity contribution in [1.82, 2.24) is 14.9 Å². The van der Waals surface area contributed by atoms with Crippen LogP contribution in [-0.4, -0.2) is 62.4 Å². The summed E-state index contributed by atoms with van der Waals surface area (Å²) >= 11 is 0. The topological polar surface area (TPSA) is 127 Å².